The monoisotopic (exact) mass is 292 g/mol. The first-order chi connectivity index (χ1) is 10.3. The van der Waals surface area contributed by atoms with Crippen LogP contribution in [0.5, 0.6) is 0 Å². The summed E-state index contributed by atoms with van der Waals surface area (Å²) in [6, 6.07) is 8.84. The van der Waals surface area contributed by atoms with Crippen LogP contribution in [0.25, 0.3) is 0 Å². The number of aliphatic hydroxyl groups is 1. The maximum atomic E-state index is 9.56. The van der Waals surface area contributed by atoms with Gasteiger partial charge in [-0.2, -0.15) is 0 Å². The molecule has 0 radical (unpaired) electrons. The third kappa shape index (κ3) is 5.65. The predicted molar refractivity (Wildman–Crippen MR) is 86.7 cm³/mol. The molecule has 0 amide bonds. The Morgan fingerprint density at radius 2 is 1.90 bits per heavy atom. The van der Waals surface area contributed by atoms with Gasteiger partial charge in [0.05, 0.1) is 12.7 Å². The van der Waals surface area contributed by atoms with Gasteiger partial charge in [-0.1, -0.05) is 12.1 Å². The third-order valence-corrected chi connectivity index (χ3v) is 4.00. The summed E-state index contributed by atoms with van der Waals surface area (Å²) >= 11 is 0. The molecule has 21 heavy (non-hydrogen) atoms. The number of piperidine rings is 1. The minimum atomic E-state index is -0.371. The van der Waals surface area contributed by atoms with Crippen molar-refractivity contribution in [2.45, 2.75) is 38.3 Å². The molecular weight excluding hydrogens is 264 g/mol. The summed E-state index contributed by atoms with van der Waals surface area (Å²) < 4.78 is 4.91. The van der Waals surface area contributed by atoms with Crippen LogP contribution in [-0.4, -0.2) is 44.6 Å². The fraction of sp³-hybridized carbons (Fsp3) is 0.647. The van der Waals surface area contributed by atoms with E-state index < -0.39 is 0 Å². The molecule has 1 unspecified atom stereocenters. The highest BCUT2D eigenvalue weighted by Crippen LogP contribution is 2.20. The van der Waals surface area contributed by atoms with Crippen LogP contribution in [0.4, 0.5) is 5.69 Å². The van der Waals surface area contributed by atoms with Gasteiger partial charge in [0.15, 0.2) is 0 Å². The number of methoxy groups -OCH3 is 1. The molecule has 1 aromatic carbocycles. The molecule has 0 saturated carbocycles. The average molecular weight is 292 g/mol. The second kappa shape index (κ2) is 9.03. The van der Waals surface area contributed by atoms with Crippen LogP contribution in [0.2, 0.25) is 0 Å². The third-order valence-electron chi connectivity index (χ3n) is 4.00. The molecule has 4 nitrogen and oxygen atoms in total. The summed E-state index contributed by atoms with van der Waals surface area (Å²) in [7, 11) is 1.61. The number of benzene rings is 1. The molecule has 2 N–H and O–H groups in total. The Kier molecular flexibility index (Phi) is 7.00. The number of ether oxygens (including phenoxy) is 1. The van der Waals surface area contributed by atoms with Gasteiger partial charge in [0, 0.05) is 32.4 Å². The first-order valence-corrected chi connectivity index (χ1v) is 8.01. The number of hydrogen-bond acceptors (Lipinski definition) is 4. The first kappa shape index (κ1) is 16.3. The molecule has 1 aromatic rings. The van der Waals surface area contributed by atoms with E-state index in [1.165, 1.54) is 43.6 Å². The Labute approximate surface area is 128 Å². The zero-order valence-corrected chi connectivity index (χ0v) is 13.1. The molecule has 0 aromatic heterocycles. The molecule has 0 spiro atoms. The quantitative estimate of drug-likeness (QED) is 0.721. The second-order valence-corrected chi connectivity index (χ2v) is 5.79. The average Bonchev–Trinajstić information content (AvgIpc) is 2.53. The highest BCUT2D eigenvalue weighted by molar-refractivity contribution is 5.47. The van der Waals surface area contributed by atoms with Crippen LogP contribution in [-0.2, 0) is 11.3 Å². The van der Waals surface area contributed by atoms with E-state index in [4.69, 9.17) is 4.74 Å². The van der Waals surface area contributed by atoms with Crippen molar-refractivity contribution in [1.82, 2.24) is 5.32 Å². The molecule has 1 fully saturated rings. The van der Waals surface area contributed by atoms with Gasteiger partial charge < -0.3 is 20.1 Å². The molecule has 0 bridgehead atoms. The zero-order valence-electron chi connectivity index (χ0n) is 13.1. The Morgan fingerprint density at radius 3 is 2.57 bits per heavy atom. The molecule has 4 heteroatoms. The minimum absolute atomic E-state index is 0.371. The van der Waals surface area contributed by atoms with E-state index in [0.29, 0.717) is 6.61 Å². The van der Waals surface area contributed by atoms with Gasteiger partial charge in [-0.15, -0.1) is 0 Å². The number of nitrogens with one attached hydrogen (secondary N) is 1. The Hall–Kier alpha value is -1.10. The van der Waals surface area contributed by atoms with Crippen LogP contribution in [0.3, 0.4) is 0 Å². The maximum Gasteiger partial charge on any atom is 0.0785 e. The lowest BCUT2D eigenvalue weighted by atomic mass is 10.1. The smallest absolute Gasteiger partial charge is 0.0785 e. The topological polar surface area (TPSA) is 44.7 Å². The Morgan fingerprint density at radius 1 is 1.19 bits per heavy atom. The SMILES string of the molecule is COCC(O)CCNCc1ccc(N2CCCCC2)cc1. The summed E-state index contributed by atoms with van der Waals surface area (Å²) in [5, 5.41) is 12.9. The normalized spacial score (nSPS) is 17.0. The lowest BCUT2D eigenvalue weighted by molar-refractivity contribution is 0.0594. The molecule has 1 saturated heterocycles. The predicted octanol–water partition coefficient (Wildman–Crippen LogP) is 2.16. The summed E-state index contributed by atoms with van der Waals surface area (Å²) in [4.78, 5) is 2.47. The number of anilines is 1. The molecule has 1 atom stereocenters. The highest BCUT2D eigenvalue weighted by Gasteiger charge is 2.10. The minimum Gasteiger partial charge on any atom is -0.391 e. The summed E-state index contributed by atoms with van der Waals surface area (Å²) in [5.41, 5.74) is 2.63. The van der Waals surface area contributed by atoms with Crippen molar-refractivity contribution < 1.29 is 9.84 Å². The largest absolute Gasteiger partial charge is 0.391 e. The number of rotatable bonds is 8. The van der Waals surface area contributed by atoms with Crippen molar-refractivity contribution >= 4 is 5.69 Å². The molecule has 1 aliphatic heterocycles. The number of aliphatic hydroxyl groups excluding tert-OH is 1. The summed E-state index contributed by atoms with van der Waals surface area (Å²) in [6.45, 7) is 4.44. The molecule has 2 rings (SSSR count). The van der Waals surface area contributed by atoms with Crippen molar-refractivity contribution in [1.29, 1.82) is 0 Å². The standard InChI is InChI=1S/C17H28N2O2/c1-21-14-17(20)9-10-18-13-15-5-7-16(8-6-15)19-11-3-2-4-12-19/h5-8,17-18,20H,2-4,9-14H2,1H3. The van der Waals surface area contributed by atoms with Crippen molar-refractivity contribution in [3.63, 3.8) is 0 Å². The summed E-state index contributed by atoms with van der Waals surface area (Å²) in [6.07, 6.45) is 4.34. The zero-order chi connectivity index (χ0) is 14.9. The number of hydrogen-bond donors (Lipinski definition) is 2. The fourth-order valence-corrected chi connectivity index (χ4v) is 2.75. The molecule has 118 valence electrons. The molecule has 0 aliphatic carbocycles. The van der Waals surface area contributed by atoms with E-state index in [-0.39, 0.29) is 6.10 Å². The molecular formula is C17H28N2O2. The van der Waals surface area contributed by atoms with Gasteiger partial charge in [0.2, 0.25) is 0 Å². The van der Waals surface area contributed by atoms with Gasteiger partial charge in [-0.3, -0.25) is 0 Å². The van der Waals surface area contributed by atoms with Crippen molar-refractivity contribution in [3.05, 3.63) is 29.8 Å². The van der Waals surface area contributed by atoms with E-state index in [9.17, 15) is 5.11 Å². The van der Waals surface area contributed by atoms with Crippen LogP contribution < -0.4 is 10.2 Å². The fourth-order valence-electron chi connectivity index (χ4n) is 2.75. The second-order valence-electron chi connectivity index (χ2n) is 5.79. The van der Waals surface area contributed by atoms with E-state index in [1.807, 2.05) is 0 Å². The van der Waals surface area contributed by atoms with Gasteiger partial charge in [0.25, 0.3) is 0 Å². The van der Waals surface area contributed by atoms with Crippen LogP contribution in [0.15, 0.2) is 24.3 Å². The maximum absolute atomic E-state index is 9.56. The molecule has 1 aliphatic rings. The van der Waals surface area contributed by atoms with Gasteiger partial charge >= 0.3 is 0 Å². The van der Waals surface area contributed by atoms with E-state index >= 15 is 0 Å². The lowest BCUT2D eigenvalue weighted by Crippen LogP contribution is -2.29. The first-order valence-electron chi connectivity index (χ1n) is 8.01. The van der Waals surface area contributed by atoms with Crippen LogP contribution in [0.1, 0.15) is 31.2 Å². The van der Waals surface area contributed by atoms with Crippen molar-refractivity contribution in [2.75, 3.05) is 38.3 Å². The van der Waals surface area contributed by atoms with Gasteiger partial charge in [0.1, 0.15) is 0 Å². The van der Waals surface area contributed by atoms with Gasteiger partial charge in [-0.25, -0.2) is 0 Å². The van der Waals surface area contributed by atoms with Crippen molar-refractivity contribution in [2.24, 2.45) is 0 Å². The Balaban J connectivity index is 1.69. The van der Waals surface area contributed by atoms with E-state index in [0.717, 1.165) is 19.5 Å². The van der Waals surface area contributed by atoms with Crippen LogP contribution in [0, 0.1) is 0 Å². The summed E-state index contributed by atoms with van der Waals surface area (Å²) in [5.74, 6) is 0. The highest BCUT2D eigenvalue weighted by atomic mass is 16.5. The number of nitrogens with zero attached hydrogens (tertiary/aromatic N) is 1. The van der Waals surface area contributed by atoms with E-state index in [1.54, 1.807) is 7.11 Å². The molecule has 1 heterocycles. The van der Waals surface area contributed by atoms with Gasteiger partial charge in [-0.05, 0) is 49.9 Å². The lowest BCUT2D eigenvalue weighted by Gasteiger charge is -2.28. The van der Waals surface area contributed by atoms with Crippen molar-refractivity contribution in [3.8, 4) is 0 Å². The van der Waals surface area contributed by atoms with E-state index in [2.05, 4.69) is 34.5 Å². The van der Waals surface area contributed by atoms with Crippen LogP contribution >= 0.6 is 0 Å². The Bertz CT molecular complexity index is 388.